The predicted molar refractivity (Wildman–Crippen MR) is 74.2 cm³/mol. The molecular weight excluding hydrogens is 210 g/mol. The van der Waals surface area contributed by atoms with Crippen LogP contribution in [0.5, 0.6) is 0 Å². The lowest BCUT2D eigenvalue weighted by molar-refractivity contribution is 0.150. The minimum Gasteiger partial charge on any atom is -0.399 e. The Bertz CT molecular complexity index is 350. The molecule has 0 amide bonds. The fourth-order valence-corrected chi connectivity index (χ4v) is 2.25. The van der Waals surface area contributed by atoms with E-state index in [0.717, 1.165) is 12.2 Å². The lowest BCUT2D eigenvalue weighted by Crippen LogP contribution is -2.40. The number of likely N-dealkylation sites (tertiary alicyclic amines) is 1. The number of benzene rings is 1. The second-order valence-electron chi connectivity index (χ2n) is 5.59. The van der Waals surface area contributed by atoms with E-state index in [1.807, 2.05) is 24.3 Å². The third-order valence-electron chi connectivity index (χ3n) is 3.82. The molecule has 2 rings (SSSR count). The average molecular weight is 233 g/mol. The zero-order valence-electron chi connectivity index (χ0n) is 10.9. The van der Waals surface area contributed by atoms with Gasteiger partial charge in [-0.25, -0.2) is 0 Å². The Balaban J connectivity index is 1.87. The molecule has 3 nitrogen and oxygen atoms in total. The van der Waals surface area contributed by atoms with Crippen LogP contribution < -0.4 is 11.1 Å². The fraction of sp³-hybridized carbons (Fsp3) is 0.571. The third kappa shape index (κ3) is 3.37. The van der Waals surface area contributed by atoms with Crippen molar-refractivity contribution in [2.75, 3.05) is 37.7 Å². The summed E-state index contributed by atoms with van der Waals surface area (Å²) in [6, 6.07) is 7.99. The van der Waals surface area contributed by atoms with Gasteiger partial charge in [-0.05, 0) is 62.7 Å². The molecule has 1 aliphatic rings. The van der Waals surface area contributed by atoms with E-state index in [4.69, 9.17) is 5.73 Å². The van der Waals surface area contributed by atoms with Crippen molar-refractivity contribution in [1.29, 1.82) is 0 Å². The predicted octanol–water partition coefficient (Wildman–Crippen LogP) is 2.41. The maximum absolute atomic E-state index is 5.67. The van der Waals surface area contributed by atoms with Crippen molar-refractivity contribution >= 4 is 11.4 Å². The van der Waals surface area contributed by atoms with Gasteiger partial charge in [0.1, 0.15) is 0 Å². The second-order valence-corrected chi connectivity index (χ2v) is 5.59. The van der Waals surface area contributed by atoms with Crippen molar-refractivity contribution in [2.24, 2.45) is 5.41 Å². The maximum atomic E-state index is 5.67. The lowest BCUT2D eigenvalue weighted by atomic mass is 9.80. The van der Waals surface area contributed by atoms with Gasteiger partial charge in [0.25, 0.3) is 0 Å². The number of hydrogen-bond acceptors (Lipinski definition) is 3. The van der Waals surface area contributed by atoms with Gasteiger partial charge in [0.05, 0.1) is 0 Å². The number of piperidine rings is 1. The van der Waals surface area contributed by atoms with Crippen molar-refractivity contribution in [3.63, 3.8) is 0 Å². The molecule has 0 aromatic heterocycles. The maximum Gasteiger partial charge on any atom is 0.0341 e. The number of rotatable bonds is 3. The molecule has 1 fully saturated rings. The standard InChI is InChI=1S/C14H23N3/c1-14(7-9-17(2)10-8-14)11-16-13-5-3-12(15)4-6-13/h3-6,16H,7-11,15H2,1-2H3. The van der Waals surface area contributed by atoms with Gasteiger partial charge in [0, 0.05) is 17.9 Å². The van der Waals surface area contributed by atoms with Crippen LogP contribution in [0.25, 0.3) is 0 Å². The third-order valence-corrected chi connectivity index (χ3v) is 3.82. The van der Waals surface area contributed by atoms with Crippen molar-refractivity contribution in [3.8, 4) is 0 Å². The molecule has 1 aliphatic heterocycles. The van der Waals surface area contributed by atoms with Crippen molar-refractivity contribution < 1.29 is 0 Å². The SMILES string of the molecule is CN1CCC(C)(CNc2ccc(N)cc2)CC1. The van der Waals surface area contributed by atoms with Gasteiger partial charge in [-0.3, -0.25) is 0 Å². The molecule has 1 heterocycles. The molecule has 3 heteroatoms. The Labute approximate surface area is 104 Å². The molecule has 94 valence electrons. The van der Waals surface area contributed by atoms with Gasteiger partial charge in [0.2, 0.25) is 0 Å². The number of nitrogens with two attached hydrogens (primary N) is 1. The molecule has 1 aromatic rings. The monoisotopic (exact) mass is 233 g/mol. The van der Waals surface area contributed by atoms with Crippen molar-refractivity contribution in [3.05, 3.63) is 24.3 Å². The van der Waals surface area contributed by atoms with E-state index in [-0.39, 0.29) is 0 Å². The van der Waals surface area contributed by atoms with E-state index in [0.29, 0.717) is 5.41 Å². The highest BCUT2D eigenvalue weighted by Crippen LogP contribution is 2.30. The Morgan fingerprint density at radius 1 is 1.24 bits per heavy atom. The van der Waals surface area contributed by atoms with Crippen LogP contribution in [-0.4, -0.2) is 31.6 Å². The highest BCUT2D eigenvalue weighted by Gasteiger charge is 2.28. The Morgan fingerprint density at radius 3 is 2.41 bits per heavy atom. The molecule has 0 aliphatic carbocycles. The molecule has 17 heavy (non-hydrogen) atoms. The van der Waals surface area contributed by atoms with Gasteiger partial charge in [-0.15, -0.1) is 0 Å². The van der Waals surface area contributed by atoms with Crippen LogP contribution in [0.2, 0.25) is 0 Å². The lowest BCUT2D eigenvalue weighted by Gasteiger charge is -2.38. The van der Waals surface area contributed by atoms with E-state index in [9.17, 15) is 0 Å². The zero-order chi connectivity index (χ0) is 12.3. The molecule has 0 bridgehead atoms. The summed E-state index contributed by atoms with van der Waals surface area (Å²) >= 11 is 0. The Kier molecular flexibility index (Phi) is 3.57. The quantitative estimate of drug-likeness (QED) is 0.788. The summed E-state index contributed by atoms with van der Waals surface area (Å²) in [6.07, 6.45) is 2.54. The summed E-state index contributed by atoms with van der Waals surface area (Å²) in [7, 11) is 2.20. The first kappa shape index (κ1) is 12.2. The van der Waals surface area contributed by atoms with Crippen LogP contribution >= 0.6 is 0 Å². The van der Waals surface area contributed by atoms with E-state index in [2.05, 4.69) is 24.2 Å². The zero-order valence-corrected chi connectivity index (χ0v) is 10.9. The van der Waals surface area contributed by atoms with Crippen molar-refractivity contribution in [2.45, 2.75) is 19.8 Å². The van der Waals surface area contributed by atoms with Crippen LogP contribution in [0.3, 0.4) is 0 Å². The summed E-state index contributed by atoms with van der Waals surface area (Å²) in [5.74, 6) is 0. The van der Waals surface area contributed by atoms with Crippen LogP contribution in [0.15, 0.2) is 24.3 Å². The largest absolute Gasteiger partial charge is 0.399 e. The first-order chi connectivity index (χ1) is 8.07. The van der Waals surface area contributed by atoms with Crippen LogP contribution in [0, 0.1) is 5.41 Å². The van der Waals surface area contributed by atoms with Crippen LogP contribution in [-0.2, 0) is 0 Å². The van der Waals surface area contributed by atoms with E-state index in [1.54, 1.807) is 0 Å². The number of nitrogen functional groups attached to an aromatic ring is 1. The molecule has 0 radical (unpaired) electrons. The summed E-state index contributed by atoms with van der Waals surface area (Å²) in [6.45, 7) is 5.84. The number of nitrogens with zero attached hydrogens (tertiary/aromatic N) is 1. The molecule has 0 saturated carbocycles. The molecule has 0 spiro atoms. The fourth-order valence-electron chi connectivity index (χ4n) is 2.25. The Morgan fingerprint density at radius 2 is 1.82 bits per heavy atom. The van der Waals surface area contributed by atoms with Crippen LogP contribution in [0.1, 0.15) is 19.8 Å². The highest BCUT2D eigenvalue weighted by atomic mass is 15.1. The van der Waals surface area contributed by atoms with Gasteiger partial charge >= 0.3 is 0 Å². The number of hydrogen-bond donors (Lipinski definition) is 2. The first-order valence-electron chi connectivity index (χ1n) is 6.35. The Hall–Kier alpha value is -1.22. The molecule has 0 atom stereocenters. The minimum atomic E-state index is 0.425. The molecule has 0 unspecified atom stereocenters. The topological polar surface area (TPSA) is 41.3 Å². The minimum absolute atomic E-state index is 0.425. The second kappa shape index (κ2) is 4.96. The summed E-state index contributed by atoms with van der Waals surface area (Å²) in [4.78, 5) is 2.41. The highest BCUT2D eigenvalue weighted by molar-refractivity contribution is 5.51. The normalized spacial score (nSPS) is 20.1. The van der Waals surface area contributed by atoms with Crippen molar-refractivity contribution in [1.82, 2.24) is 4.90 Å². The van der Waals surface area contributed by atoms with Crippen LogP contribution in [0.4, 0.5) is 11.4 Å². The summed E-state index contributed by atoms with van der Waals surface area (Å²) in [5, 5.41) is 3.52. The number of nitrogens with one attached hydrogen (secondary N) is 1. The van der Waals surface area contributed by atoms with E-state index in [1.165, 1.54) is 31.6 Å². The molecule has 1 aromatic carbocycles. The van der Waals surface area contributed by atoms with Gasteiger partial charge in [-0.2, -0.15) is 0 Å². The van der Waals surface area contributed by atoms with E-state index < -0.39 is 0 Å². The molecular formula is C14H23N3. The average Bonchev–Trinajstić information content (AvgIpc) is 2.33. The molecule has 1 saturated heterocycles. The first-order valence-corrected chi connectivity index (χ1v) is 6.35. The summed E-state index contributed by atoms with van der Waals surface area (Å²) < 4.78 is 0. The van der Waals surface area contributed by atoms with Gasteiger partial charge in [0.15, 0.2) is 0 Å². The molecule has 3 N–H and O–H groups in total. The number of anilines is 2. The smallest absolute Gasteiger partial charge is 0.0341 e. The van der Waals surface area contributed by atoms with Gasteiger partial charge in [-0.1, -0.05) is 6.92 Å². The van der Waals surface area contributed by atoms with Gasteiger partial charge < -0.3 is 16.0 Å². The van der Waals surface area contributed by atoms with E-state index >= 15 is 0 Å². The summed E-state index contributed by atoms with van der Waals surface area (Å²) in [5.41, 5.74) is 8.08.